The van der Waals surface area contributed by atoms with E-state index in [9.17, 15) is 0 Å². The van der Waals surface area contributed by atoms with Crippen LogP contribution >= 0.6 is 11.3 Å². The minimum absolute atomic E-state index is 0.0448. The molecule has 0 unspecified atom stereocenters. The molecule has 67 heavy (non-hydrogen) atoms. The van der Waals surface area contributed by atoms with Crippen molar-refractivity contribution in [1.29, 1.82) is 0 Å². The quantitative estimate of drug-likeness (QED) is 0.161. The first-order chi connectivity index (χ1) is 32.9. The van der Waals surface area contributed by atoms with Crippen LogP contribution in [0.15, 0.2) is 211 Å². The molecule has 0 amide bonds. The third-order valence-corrected chi connectivity index (χ3v) is 15.3. The summed E-state index contributed by atoms with van der Waals surface area (Å²) in [5.74, 6) is 1.18. The molecular formula is C60H43BN4OS. The van der Waals surface area contributed by atoms with Crippen molar-refractivity contribution in [3.05, 3.63) is 212 Å². The Kier molecular flexibility index (Phi) is 8.14. The molecule has 2 aliphatic rings. The zero-order valence-electron chi connectivity index (χ0n) is 37.3. The highest BCUT2D eigenvalue weighted by Gasteiger charge is 2.45. The van der Waals surface area contributed by atoms with E-state index in [2.05, 4.69) is 246 Å². The van der Waals surface area contributed by atoms with Crippen LogP contribution in [0.3, 0.4) is 0 Å². The summed E-state index contributed by atoms with van der Waals surface area (Å²) < 4.78 is 12.0. The van der Waals surface area contributed by atoms with Gasteiger partial charge in [0.25, 0.3) is 6.71 Å². The maximum absolute atomic E-state index is 6.92. The van der Waals surface area contributed by atoms with E-state index in [1.165, 1.54) is 64.8 Å². The van der Waals surface area contributed by atoms with E-state index in [1.54, 1.807) is 0 Å². The highest BCUT2D eigenvalue weighted by atomic mass is 32.1. The fourth-order valence-electron chi connectivity index (χ4n) is 11.0. The van der Waals surface area contributed by atoms with Crippen LogP contribution in [0, 0.1) is 0 Å². The van der Waals surface area contributed by atoms with Crippen molar-refractivity contribution in [1.82, 2.24) is 4.40 Å². The van der Waals surface area contributed by atoms with Crippen molar-refractivity contribution in [2.45, 2.75) is 26.2 Å². The van der Waals surface area contributed by atoms with Crippen LogP contribution in [0.5, 0.6) is 0 Å². The summed E-state index contributed by atoms with van der Waals surface area (Å²) in [6.45, 7) is 6.85. The molecule has 12 aromatic rings. The predicted molar refractivity (Wildman–Crippen MR) is 285 cm³/mol. The zero-order valence-corrected chi connectivity index (χ0v) is 38.1. The van der Waals surface area contributed by atoms with Crippen molar-refractivity contribution in [3.8, 4) is 0 Å². The molecule has 2 aliphatic heterocycles. The van der Waals surface area contributed by atoms with Gasteiger partial charge in [0.05, 0.1) is 16.1 Å². The minimum atomic E-state index is -0.0749. The van der Waals surface area contributed by atoms with E-state index in [-0.39, 0.29) is 12.1 Å². The lowest BCUT2D eigenvalue weighted by Gasteiger charge is -2.43. The Hall–Kier alpha value is -8.00. The third kappa shape index (κ3) is 5.61. The molecule has 0 aliphatic carbocycles. The average molecular weight is 879 g/mol. The Balaban J connectivity index is 1.10. The number of aromatic nitrogens is 1. The van der Waals surface area contributed by atoms with Gasteiger partial charge >= 0.3 is 0 Å². The molecule has 0 radical (unpaired) electrons. The summed E-state index contributed by atoms with van der Waals surface area (Å²) in [5.41, 5.74) is 16.8. The highest BCUT2D eigenvalue weighted by Crippen LogP contribution is 2.51. The van der Waals surface area contributed by atoms with Gasteiger partial charge in [-0.3, -0.25) is 4.90 Å². The van der Waals surface area contributed by atoms with Gasteiger partial charge in [0, 0.05) is 72.1 Å². The topological polar surface area (TPSA) is 27.3 Å². The number of para-hydroxylation sites is 4. The number of pyridine rings is 1. The first-order valence-electron chi connectivity index (χ1n) is 23.1. The normalized spacial score (nSPS) is 13.2. The Labute approximate surface area is 393 Å². The molecule has 0 fully saturated rings. The number of hydrogen-bond acceptors (Lipinski definition) is 5. The molecule has 0 N–H and O–H groups in total. The second kappa shape index (κ2) is 14.3. The van der Waals surface area contributed by atoms with E-state index in [1.807, 2.05) is 11.3 Å². The monoisotopic (exact) mass is 878 g/mol. The summed E-state index contributed by atoms with van der Waals surface area (Å²) >= 11 is 1.88. The molecule has 0 saturated carbocycles. The van der Waals surface area contributed by atoms with Crippen molar-refractivity contribution in [2.24, 2.45) is 0 Å². The smallest absolute Gasteiger partial charge is 0.254 e. The molecule has 5 nitrogen and oxygen atoms in total. The van der Waals surface area contributed by atoms with Gasteiger partial charge in [0.15, 0.2) is 5.58 Å². The van der Waals surface area contributed by atoms with Crippen LogP contribution in [0.2, 0.25) is 0 Å². The van der Waals surface area contributed by atoms with E-state index in [0.29, 0.717) is 0 Å². The molecule has 318 valence electrons. The summed E-state index contributed by atoms with van der Waals surface area (Å²) in [6.07, 6.45) is 2.39. The summed E-state index contributed by atoms with van der Waals surface area (Å²) in [4.78, 5) is 7.43. The van der Waals surface area contributed by atoms with Crippen molar-refractivity contribution >= 4 is 133 Å². The molecular weight excluding hydrogens is 836 g/mol. The summed E-state index contributed by atoms with van der Waals surface area (Å²) in [6, 6.07) is 73.3. The van der Waals surface area contributed by atoms with Crippen LogP contribution in [-0.2, 0) is 5.41 Å². The average Bonchev–Trinajstić information content (AvgIpc) is 4.06. The molecule has 0 bridgehead atoms. The van der Waals surface area contributed by atoms with Crippen LogP contribution in [0.25, 0.3) is 47.6 Å². The Morgan fingerprint density at radius 3 is 1.91 bits per heavy atom. The predicted octanol–water partition coefficient (Wildman–Crippen LogP) is 15.1. The molecule has 0 saturated heterocycles. The number of hydrogen-bond donors (Lipinski definition) is 0. The number of anilines is 9. The Morgan fingerprint density at radius 1 is 0.493 bits per heavy atom. The summed E-state index contributed by atoms with van der Waals surface area (Å²) in [7, 11) is 0. The maximum Gasteiger partial charge on any atom is 0.254 e. The van der Waals surface area contributed by atoms with Crippen LogP contribution < -0.4 is 31.1 Å². The number of nitrogens with zero attached hydrogens (tertiary/aromatic N) is 4. The van der Waals surface area contributed by atoms with Crippen LogP contribution in [-0.4, -0.2) is 11.1 Å². The van der Waals surface area contributed by atoms with E-state index < -0.39 is 0 Å². The lowest BCUT2D eigenvalue weighted by atomic mass is 9.34. The molecule has 0 atom stereocenters. The van der Waals surface area contributed by atoms with Gasteiger partial charge in [-0.05, 0) is 112 Å². The van der Waals surface area contributed by atoms with Gasteiger partial charge in [-0.1, -0.05) is 136 Å². The van der Waals surface area contributed by atoms with Crippen LogP contribution in [0.4, 0.5) is 51.3 Å². The lowest BCUT2D eigenvalue weighted by molar-refractivity contribution is 0.586. The molecule has 7 heteroatoms. The molecule has 8 aromatic carbocycles. The van der Waals surface area contributed by atoms with E-state index in [4.69, 9.17) is 4.42 Å². The van der Waals surface area contributed by atoms with Crippen molar-refractivity contribution in [2.75, 3.05) is 14.7 Å². The first-order valence-corrected chi connectivity index (χ1v) is 23.9. The van der Waals surface area contributed by atoms with Crippen molar-refractivity contribution in [3.63, 3.8) is 0 Å². The van der Waals surface area contributed by atoms with Gasteiger partial charge < -0.3 is 18.6 Å². The second-order valence-corrected chi connectivity index (χ2v) is 20.0. The maximum atomic E-state index is 6.92. The standard InChI is InChI=1S/C60H43BN4OS/c1-60(2,3)38-31-32-41-35-48-59(62(41)37-38)65(52-28-15-24-46-44-22-11-13-30-55(44)67-58(46)52)50-26-16-25-49-56(50)61(48)47-34-33-42(63(39-17-6-4-7-18-39)40-19-8-5-9-20-40)36-53(47)64(49)51-27-14-23-45-43-21-10-12-29-54(43)66-57(45)51/h4-37H,1-3H3. The van der Waals surface area contributed by atoms with Gasteiger partial charge in [-0.15, -0.1) is 11.3 Å². The molecule has 6 heterocycles. The second-order valence-electron chi connectivity index (χ2n) is 19.0. The molecule has 4 aromatic heterocycles. The number of rotatable bonds is 5. The number of fused-ring (bicyclic) bond motifs is 12. The number of thiophene rings is 1. The molecule has 0 spiro atoms. The highest BCUT2D eigenvalue weighted by molar-refractivity contribution is 7.26. The SMILES string of the molecule is CC(C)(C)c1ccc2cc3c(n2c1)N(c1cccc2c1sc1ccccc12)c1cccc2c1B3c1ccc(N(c3ccccc3)c3ccccc3)cc1N2c1cccc2c1oc1ccccc12. The van der Waals surface area contributed by atoms with Gasteiger partial charge in [0.2, 0.25) is 0 Å². The van der Waals surface area contributed by atoms with E-state index >= 15 is 0 Å². The number of furan rings is 1. The molecule has 14 rings (SSSR count). The largest absolute Gasteiger partial charge is 0.454 e. The fourth-order valence-corrected chi connectivity index (χ4v) is 12.3. The third-order valence-electron chi connectivity index (χ3n) is 14.1. The lowest BCUT2D eigenvalue weighted by Crippen LogP contribution is -2.61. The van der Waals surface area contributed by atoms with Crippen LogP contribution in [0.1, 0.15) is 26.3 Å². The Bertz CT molecular complexity index is 3920. The minimum Gasteiger partial charge on any atom is -0.454 e. The fraction of sp³-hybridized carbons (Fsp3) is 0.0667. The summed E-state index contributed by atoms with van der Waals surface area (Å²) in [5, 5.41) is 4.78. The van der Waals surface area contributed by atoms with Gasteiger partial charge in [-0.2, -0.15) is 0 Å². The first kappa shape index (κ1) is 38.3. The van der Waals surface area contributed by atoms with Crippen molar-refractivity contribution < 1.29 is 4.42 Å². The van der Waals surface area contributed by atoms with Gasteiger partial charge in [0.1, 0.15) is 11.4 Å². The zero-order chi connectivity index (χ0) is 44.5. The number of benzene rings is 8. The van der Waals surface area contributed by atoms with Gasteiger partial charge in [-0.25, -0.2) is 0 Å². The van der Waals surface area contributed by atoms with E-state index in [0.717, 1.165) is 56.1 Å². The Morgan fingerprint density at radius 2 is 1.13 bits per heavy atom.